The third-order valence-corrected chi connectivity index (χ3v) is 18.3. The van der Waals surface area contributed by atoms with Crippen molar-refractivity contribution in [1.29, 1.82) is 0 Å². The highest BCUT2D eigenvalue weighted by molar-refractivity contribution is 6.07. The fourth-order valence-electron chi connectivity index (χ4n) is 13.3. The van der Waals surface area contributed by atoms with Crippen molar-refractivity contribution in [3.8, 4) is 35.5 Å². The van der Waals surface area contributed by atoms with Crippen LogP contribution in [-0.2, 0) is 0 Å². The molecule has 1 nitrogen and oxygen atoms in total. The number of nitrogens with zero attached hydrogens (tertiary/aromatic N) is 1. The third kappa shape index (κ3) is 15.5. The molecule has 0 aliphatic rings. The van der Waals surface area contributed by atoms with E-state index in [1.54, 1.807) is 0 Å². The Balaban J connectivity index is 0.731. The summed E-state index contributed by atoms with van der Waals surface area (Å²) in [6, 6.07) is 148. The van der Waals surface area contributed by atoms with Crippen molar-refractivity contribution in [3.63, 3.8) is 0 Å². The summed E-state index contributed by atoms with van der Waals surface area (Å²) in [5.74, 6) is 20.9. The number of benzene rings is 15. The molecule has 0 heterocycles. The van der Waals surface area contributed by atoms with Gasteiger partial charge >= 0.3 is 0 Å². The first-order valence-corrected chi connectivity index (χ1v) is 34.8. The van der Waals surface area contributed by atoms with Crippen LogP contribution in [-0.4, -0.2) is 0 Å². The van der Waals surface area contributed by atoms with Gasteiger partial charge in [-0.15, -0.1) is 0 Å². The van der Waals surface area contributed by atoms with E-state index in [2.05, 4.69) is 459 Å². The molecule has 0 fully saturated rings. The normalized spacial score (nSPS) is 10.5. The molecule has 0 bridgehead atoms. The lowest BCUT2D eigenvalue weighted by atomic mass is 9.85. The molecule has 0 N–H and O–H groups in total. The largest absolute Gasteiger partial charge is 0.311 e. The highest BCUT2D eigenvalue weighted by Gasteiger charge is 2.20. The van der Waals surface area contributed by atoms with Crippen molar-refractivity contribution in [3.05, 3.63) is 519 Å². The molecular weight excluding hydrogens is 1240 g/mol. The molecule has 0 amide bonds. The number of hydrogen-bond acceptors (Lipinski definition) is 1. The Morgan fingerprint density at radius 1 is 0.126 bits per heavy atom. The van der Waals surface area contributed by atoms with Gasteiger partial charge in [0.05, 0.1) is 0 Å². The lowest BCUT2D eigenvalue weighted by Crippen LogP contribution is -2.10. The van der Waals surface area contributed by atoms with Crippen LogP contribution >= 0.6 is 0 Å². The maximum Gasteiger partial charge on any atom is 0.0462 e. The van der Waals surface area contributed by atoms with Gasteiger partial charge in [-0.25, -0.2) is 0 Å². The van der Waals surface area contributed by atoms with Crippen LogP contribution in [0.2, 0.25) is 0 Å². The van der Waals surface area contributed by atoms with Gasteiger partial charge < -0.3 is 4.90 Å². The van der Waals surface area contributed by atoms with Crippen LogP contribution in [0.1, 0.15) is 100 Å². The summed E-state index contributed by atoms with van der Waals surface area (Å²) in [6.07, 6.45) is 0. The van der Waals surface area contributed by atoms with Crippen LogP contribution in [0, 0.1) is 35.5 Å². The van der Waals surface area contributed by atoms with E-state index in [0.717, 1.165) is 134 Å². The van der Waals surface area contributed by atoms with Gasteiger partial charge in [-0.2, -0.15) is 0 Å². The fraction of sp³-hybridized carbons (Fsp3) is 0. The summed E-state index contributed by atoms with van der Waals surface area (Å²) in [7, 11) is 0. The summed E-state index contributed by atoms with van der Waals surface area (Å²) in [6.45, 7) is 0. The topological polar surface area (TPSA) is 3.24 Å². The molecule has 0 saturated carbocycles. The predicted molar refractivity (Wildman–Crippen MR) is 431 cm³/mol. The number of rotatable bonds is 15. The minimum absolute atomic E-state index is 0.908. The summed E-state index contributed by atoms with van der Waals surface area (Å²) >= 11 is 0. The van der Waals surface area contributed by atoms with Gasteiger partial charge in [0.2, 0.25) is 0 Å². The molecule has 0 radical (unpaired) electrons. The Kier molecular flexibility index (Phi) is 20.0. The molecule has 15 aromatic carbocycles. The van der Waals surface area contributed by atoms with E-state index < -0.39 is 0 Å². The average Bonchev–Trinajstić information content (AvgIpc) is 0.798. The molecule has 0 aliphatic heterocycles. The van der Waals surface area contributed by atoms with Crippen LogP contribution in [0.15, 0.2) is 419 Å². The molecule has 0 spiro atoms. The molecule has 0 unspecified atom stereocenters. The zero-order chi connectivity index (χ0) is 69.2. The van der Waals surface area contributed by atoms with E-state index in [4.69, 9.17) is 0 Å². The average molecular weight is 1310 g/mol. The van der Waals surface area contributed by atoms with Crippen LogP contribution in [0.4, 0.5) is 17.1 Å². The molecule has 0 aromatic heterocycles. The maximum atomic E-state index is 3.48. The lowest BCUT2D eigenvalue weighted by molar-refractivity contribution is 1.28. The van der Waals surface area contributed by atoms with Gasteiger partial charge in [0, 0.05) is 50.4 Å². The fourth-order valence-corrected chi connectivity index (χ4v) is 13.3. The highest BCUT2D eigenvalue weighted by atomic mass is 15.1. The van der Waals surface area contributed by atoms with Crippen LogP contribution in [0.3, 0.4) is 0 Å². The lowest BCUT2D eigenvalue weighted by Gasteiger charge is -2.25. The van der Waals surface area contributed by atoms with Crippen LogP contribution in [0.25, 0.3) is 33.4 Å². The third-order valence-electron chi connectivity index (χ3n) is 18.3. The Hall–Kier alpha value is -14.0. The summed E-state index contributed by atoms with van der Waals surface area (Å²) in [5.41, 5.74) is 29.3. The van der Waals surface area contributed by atoms with Crippen LogP contribution in [0.5, 0.6) is 0 Å². The van der Waals surface area contributed by atoms with Crippen molar-refractivity contribution in [1.82, 2.24) is 0 Å². The summed E-state index contributed by atoms with van der Waals surface area (Å²) in [5, 5.41) is 0. The first-order valence-electron chi connectivity index (χ1n) is 34.8. The van der Waals surface area contributed by atoms with Crippen LogP contribution < -0.4 is 4.90 Å². The van der Waals surface area contributed by atoms with E-state index >= 15 is 0 Å². The SMILES string of the molecule is C(#Cc1ccc(N(c2ccc(C#Cc3ccc(C(=C(c4ccccc4)c4ccccc4)c4ccccc4)cc3)cc2)c2ccc(C#Cc3ccc(C(=C(c4ccccc4)c4ccccc4)c4ccccc4)cc3)cc2)cc1)c1ccc(C(=C(c2ccccc2)c2ccccc2)c2ccccc2)cc1. The molecule has 482 valence electrons. The molecule has 15 aromatic rings. The van der Waals surface area contributed by atoms with Gasteiger partial charge in [-0.1, -0.05) is 345 Å². The second-order valence-corrected chi connectivity index (χ2v) is 25.0. The maximum absolute atomic E-state index is 3.48. The Morgan fingerprint density at radius 3 is 0.379 bits per heavy atom. The molecule has 0 atom stereocenters. The molecule has 0 aliphatic carbocycles. The molecule has 1 heteroatoms. The number of anilines is 3. The predicted octanol–water partition coefficient (Wildman–Crippen LogP) is 24.4. The zero-order valence-corrected chi connectivity index (χ0v) is 56.8. The Labute approximate surface area is 605 Å². The smallest absolute Gasteiger partial charge is 0.0462 e. The Morgan fingerprint density at radius 2 is 0.243 bits per heavy atom. The summed E-state index contributed by atoms with van der Waals surface area (Å²) < 4.78 is 0. The second kappa shape index (κ2) is 31.7. The van der Waals surface area contributed by atoms with Gasteiger partial charge in [-0.05, 0) is 209 Å². The molecular formula is C102H69N. The van der Waals surface area contributed by atoms with E-state index in [9.17, 15) is 0 Å². The van der Waals surface area contributed by atoms with E-state index in [0.29, 0.717) is 0 Å². The Bertz CT molecular complexity index is 4940. The van der Waals surface area contributed by atoms with Crippen molar-refractivity contribution in [2.75, 3.05) is 4.90 Å². The summed E-state index contributed by atoms with van der Waals surface area (Å²) in [4.78, 5) is 2.27. The van der Waals surface area contributed by atoms with E-state index in [-0.39, 0.29) is 0 Å². The zero-order valence-electron chi connectivity index (χ0n) is 56.8. The first-order chi connectivity index (χ1) is 51.1. The van der Waals surface area contributed by atoms with Crippen molar-refractivity contribution in [2.45, 2.75) is 0 Å². The minimum atomic E-state index is 0.908. The van der Waals surface area contributed by atoms with Crippen molar-refractivity contribution in [2.24, 2.45) is 0 Å². The second-order valence-electron chi connectivity index (χ2n) is 25.0. The molecule has 0 saturated heterocycles. The monoisotopic (exact) mass is 1310 g/mol. The first kappa shape index (κ1) is 65.0. The van der Waals surface area contributed by atoms with Gasteiger partial charge in [0.25, 0.3) is 0 Å². The molecule has 15 rings (SSSR count). The van der Waals surface area contributed by atoms with E-state index in [1.807, 2.05) is 0 Å². The van der Waals surface area contributed by atoms with Crippen molar-refractivity contribution >= 4 is 50.5 Å². The minimum Gasteiger partial charge on any atom is -0.311 e. The van der Waals surface area contributed by atoms with Crippen molar-refractivity contribution < 1.29 is 0 Å². The quantitative estimate of drug-likeness (QED) is 0.0730. The van der Waals surface area contributed by atoms with Gasteiger partial charge in [-0.3, -0.25) is 0 Å². The van der Waals surface area contributed by atoms with Gasteiger partial charge in [0.15, 0.2) is 0 Å². The molecule has 103 heavy (non-hydrogen) atoms. The van der Waals surface area contributed by atoms with Gasteiger partial charge in [0.1, 0.15) is 0 Å². The highest BCUT2D eigenvalue weighted by Crippen LogP contribution is 2.41. The standard InChI is InChI=1S/C102H69N/c1-10-28-82(29-11-1)97(83-30-12-2-13-31-83)100(88-40-22-7-23-41-88)91-64-52-76(53-65-91)46-49-79-58-70-94(71-59-79)103(95-72-60-80(61-73-95)50-47-77-54-66-92(67-55-77)101(89-42-24-8-25-43-89)98(84-32-14-3-15-33-84)85-34-16-4-17-35-85)96-74-62-81(63-75-96)51-48-78-56-68-93(69-57-78)102(90-44-26-9-27-45-90)99(86-36-18-5-19-37-86)87-38-20-6-21-39-87/h1-45,52-75H. The van der Waals surface area contributed by atoms with E-state index in [1.165, 1.54) is 16.7 Å². The number of hydrogen-bond donors (Lipinski definition) is 0.